The minimum absolute atomic E-state index is 0.0660. The fourth-order valence-electron chi connectivity index (χ4n) is 2.87. The summed E-state index contributed by atoms with van der Waals surface area (Å²) in [5.74, 6) is 0.978. The fourth-order valence-corrected chi connectivity index (χ4v) is 2.87. The van der Waals surface area contributed by atoms with Gasteiger partial charge in [-0.2, -0.15) is 0 Å². The number of rotatable bonds is 7. The second-order valence-corrected chi connectivity index (χ2v) is 5.49. The Morgan fingerprint density at radius 3 is 3.05 bits per heavy atom. The van der Waals surface area contributed by atoms with Crippen molar-refractivity contribution in [2.45, 2.75) is 45.1 Å². The van der Waals surface area contributed by atoms with Gasteiger partial charge in [0, 0.05) is 19.5 Å². The lowest BCUT2D eigenvalue weighted by molar-refractivity contribution is -0.120. The maximum Gasteiger partial charge on any atom is 0.219 e. The van der Waals surface area contributed by atoms with E-state index in [-0.39, 0.29) is 5.91 Å². The highest BCUT2D eigenvalue weighted by Crippen LogP contribution is 2.32. The average Bonchev–Trinajstić information content (AvgIpc) is 2.52. The maximum atomic E-state index is 11.2. The Morgan fingerprint density at radius 1 is 1.43 bits per heavy atom. The van der Waals surface area contributed by atoms with Gasteiger partial charge in [-0.3, -0.25) is 4.79 Å². The molecule has 0 radical (unpaired) electrons. The molecule has 1 unspecified atom stereocenters. The van der Waals surface area contributed by atoms with Gasteiger partial charge in [0.25, 0.3) is 0 Å². The van der Waals surface area contributed by atoms with Gasteiger partial charge >= 0.3 is 0 Å². The maximum absolute atomic E-state index is 11.2. The van der Waals surface area contributed by atoms with Crippen LogP contribution in [0.15, 0.2) is 18.2 Å². The van der Waals surface area contributed by atoms with E-state index < -0.39 is 0 Å². The number of hydrogen-bond donors (Lipinski definition) is 2. The average molecular weight is 290 g/mol. The molecule has 4 heteroatoms. The third-order valence-corrected chi connectivity index (χ3v) is 3.98. The molecule has 0 saturated heterocycles. The van der Waals surface area contributed by atoms with Crippen LogP contribution in [0.5, 0.6) is 5.75 Å². The van der Waals surface area contributed by atoms with Crippen molar-refractivity contribution in [2.75, 3.05) is 20.2 Å². The molecule has 116 valence electrons. The lowest BCUT2D eigenvalue weighted by atomic mass is 9.87. The summed E-state index contributed by atoms with van der Waals surface area (Å²) < 4.78 is 5.79. The summed E-state index contributed by atoms with van der Waals surface area (Å²) in [6.45, 7) is 3.72. The van der Waals surface area contributed by atoms with Crippen LogP contribution in [0.25, 0.3) is 0 Å². The van der Waals surface area contributed by atoms with Crippen LogP contribution in [-0.4, -0.2) is 26.1 Å². The van der Waals surface area contributed by atoms with Gasteiger partial charge in [-0.15, -0.1) is 0 Å². The molecule has 0 heterocycles. The van der Waals surface area contributed by atoms with Gasteiger partial charge < -0.3 is 15.4 Å². The van der Waals surface area contributed by atoms with E-state index in [1.54, 1.807) is 7.05 Å². The number of carbonyl (C=O) groups is 1. The molecule has 0 spiro atoms. The fraction of sp³-hybridized carbons (Fsp3) is 0.588. The molecule has 1 aliphatic carbocycles. The van der Waals surface area contributed by atoms with Crippen LogP contribution in [-0.2, 0) is 11.2 Å². The Bertz CT molecular complexity index is 474. The number of hydrogen-bond acceptors (Lipinski definition) is 3. The SMILES string of the molecule is CCNC1CCCc2ccc(OCCCC(=O)NC)cc21. The van der Waals surface area contributed by atoms with Crippen molar-refractivity contribution in [3.63, 3.8) is 0 Å². The molecule has 0 saturated carbocycles. The monoisotopic (exact) mass is 290 g/mol. The Labute approximate surface area is 127 Å². The van der Waals surface area contributed by atoms with Gasteiger partial charge in [0.1, 0.15) is 5.75 Å². The summed E-state index contributed by atoms with van der Waals surface area (Å²) in [5.41, 5.74) is 2.82. The molecule has 1 aromatic rings. The second kappa shape index (κ2) is 8.03. The van der Waals surface area contributed by atoms with Crippen LogP contribution in [0.2, 0.25) is 0 Å². The van der Waals surface area contributed by atoms with Crippen molar-refractivity contribution >= 4 is 5.91 Å². The minimum Gasteiger partial charge on any atom is -0.494 e. The molecule has 2 rings (SSSR count). The molecule has 1 atom stereocenters. The van der Waals surface area contributed by atoms with Gasteiger partial charge in [0.15, 0.2) is 0 Å². The normalized spacial score (nSPS) is 17.1. The zero-order chi connectivity index (χ0) is 15.1. The molecule has 0 aliphatic heterocycles. The standard InChI is InChI=1S/C17H26N2O2/c1-3-19-16-7-4-6-13-9-10-14(12-15(13)16)21-11-5-8-17(20)18-2/h9-10,12,16,19H,3-8,11H2,1-2H3,(H,18,20). The van der Waals surface area contributed by atoms with E-state index in [1.165, 1.54) is 24.0 Å². The predicted molar refractivity (Wildman–Crippen MR) is 84.6 cm³/mol. The Balaban J connectivity index is 1.93. The Kier molecular flexibility index (Phi) is 6.05. The van der Waals surface area contributed by atoms with Crippen molar-refractivity contribution in [3.8, 4) is 5.75 Å². The predicted octanol–water partition coefficient (Wildman–Crippen LogP) is 2.58. The van der Waals surface area contributed by atoms with Crippen LogP contribution in [0.1, 0.15) is 49.8 Å². The van der Waals surface area contributed by atoms with Crippen LogP contribution >= 0.6 is 0 Å². The highest BCUT2D eigenvalue weighted by atomic mass is 16.5. The first kappa shape index (κ1) is 15.8. The van der Waals surface area contributed by atoms with Crippen molar-refractivity contribution in [1.82, 2.24) is 10.6 Å². The topological polar surface area (TPSA) is 50.4 Å². The summed E-state index contributed by atoms with van der Waals surface area (Å²) >= 11 is 0. The van der Waals surface area contributed by atoms with Gasteiger partial charge in [0.2, 0.25) is 5.91 Å². The molecule has 2 N–H and O–H groups in total. The van der Waals surface area contributed by atoms with E-state index in [4.69, 9.17) is 4.74 Å². The van der Waals surface area contributed by atoms with Gasteiger partial charge in [0.05, 0.1) is 6.61 Å². The number of aryl methyl sites for hydroxylation is 1. The highest BCUT2D eigenvalue weighted by molar-refractivity contribution is 5.75. The number of ether oxygens (including phenoxy) is 1. The lowest BCUT2D eigenvalue weighted by Crippen LogP contribution is -2.24. The number of nitrogens with one attached hydrogen (secondary N) is 2. The molecule has 21 heavy (non-hydrogen) atoms. The molecule has 1 aromatic carbocycles. The molecule has 0 fully saturated rings. The van der Waals surface area contributed by atoms with Crippen LogP contribution < -0.4 is 15.4 Å². The van der Waals surface area contributed by atoms with E-state index in [0.717, 1.165) is 25.1 Å². The molecule has 1 aliphatic rings. The van der Waals surface area contributed by atoms with Crippen molar-refractivity contribution in [1.29, 1.82) is 0 Å². The largest absolute Gasteiger partial charge is 0.494 e. The molecule has 1 amide bonds. The Hall–Kier alpha value is -1.55. The first-order valence-electron chi connectivity index (χ1n) is 7.94. The number of amides is 1. The molecule has 4 nitrogen and oxygen atoms in total. The van der Waals surface area contributed by atoms with E-state index in [0.29, 0.717) is 19.1 Å². The number of fused-ring (bicyclic) bond motifs is 1. The van der Waals surface area contributed by atoms with Crippen LogP contribution in [0.4, 0.5) is 0 Å². The van der Waals surface area contributed by atoms with Crippen molar-refractivity contribution < 1.29 is 9.53 Å². The van der Waals surface area contributed by atoms with Gasteiger partial charge in [-0.25, -0.2) is 0 Å². The molecule has 0 aromatic heterocycles. The van der Waals surface area contributed by atoms with Crippen LogP contribution in [0, 0.1) is 0 Å². The van der Waals surface area contributed by atoms with E-state index in [1.807, 2.05) is 6.07 Å². The summed E-state index contributed by atoms with van der Waals surface area (Å²) in [6.07, 6.45) is 4.86. The zero-order valence-electron chi connectivity index (χ0n) is 13.1. The highest BCUT2D eigenvalue weighted by Gasteiger charge is 2.19. The lowest BCUT2D eigenvalue weighted by Gasteiger charge is -2.26. The van der Waals surface area contributed by atoms with Gasteiger partial charge in [-0.1, -0.05) is 13.0 Å². The first-order chi connectivity index (χ1) is 10.2. The van der Waals surface area contributed by atoms with E-state index in [2.05, 4.69) is 29.7 Å². The summed E-state index contributed by atoms with van der Waals surface area (Å²) in [4.78, 5) is 11.2. The minimum atomic E-state index is 0.0660. The second-order valence-electron chi connectivity index (χ2n) is 5.49. The smallest absolute Gasteiger partial charge is 0.219 e. The number of benzene rings is 1. The molecular weight excluding hydrogens is 264 g/mol. The van der Waals surface area contributed by atoms with Crippen LogP contribution in [0.3, 0.4) is 0 Å². The zero-order valence-corrected chi connectivity index (χ0v) is 13.1. The summed E-state index contributed by atoms with van der Waals surface area (Å²) in [5, 5.41) is 6.17. The molecule has 0 bridgehead atoms. The number of carbonyl (C=O) groups excluding carboxylic acids is 1. The first-order valence-corrected chi connectivity index (χ1v) is 7.94. The summed E-state index contributed by atoms with van der Waals surface area (Å²) in [6, 6.07) is 6.86. The summed E-state index contributed by atoms with van der Waals surface area (Å²) in [7, 11) is 1.66. The molecular formula is C17H26N2O2. The van der Waals surface area contributed by atoms with Gasteiger partial charge in [-0.05, 0) is 55.5 Å². The third kappa shape index (κ3) is 4.46. The van der Waals surface area contributed by atoms with E-state index >= 15 is 0 Å². The van der Waals surface area contributed by atoms with Crippen molar-refractivity contribution in [3.05, 3.63) is 29.3 Å². The van der Waals surface area contributed by atoms with E-state index in [9.17, 15) is 4.79 Å². The van der Waals surface area contributed by atoms with Crippen molar-refractivity contribution in [2.24, 2.45) is 0 Å². The quantitative estimate of drug-likeness (QED) is 0.759. The third-order valence-electron chi connectivity index (χ3n) is 3.98. The Morgan fingerprint density at radius 2 is 2.29 bits per heavy atom.